The maximum atomic E-state index is 9.09. The molecule has 0 spiro atoms. The minimum absolute atomic E-state index is 0.0964. The molecule has 0 aliphatic heterocycles. The van der Waals surface area contributed by atoms with E-state index in [-0.39, 0.29) is 6.61 Å². The molecule has 0 aliphatic carbocycles. The van der Waals surface area contributed by atoms with Crippen LogP contribution in [0.2, 0.25) is 0 Å². The van der Waals surface area contributed by atoms with Gasteiger partial charge in [-0.2, -0.15) is 0 Å². The highest BCUT2D eigenvalue weighted by Gasteiger charge is 2.07. The number of aromatic nitrogens is 3. The van der Waals surface area contributed by atoms with Crippen LogP contribution in [-0.2, 0) is 13.0 Å². The molecule has 4 heteroatoms. The van der Waals surface area contributed by atoms with Gasteiger partial charge in [-0.3, -0.25) is 0 Å². The molecular formula is C16H15N3O. The number of hydrogen-bond acceptors (Lipinski definition) is 3. The van der Waals surface area contributed by atoms with Crippen molar-refractivity contribution in [2.24, 2.45) is 0 Å². The van der Waals surface area contributed by atoms with Gasteiger partial charge in [0.1, 0.15) is 5.69 Å². The minimum atomic E-state index is -0.0964. The summed E-state index contributed by atoms with van der Waals surface area (Å²) >= 11 is 0. The molecule has 3 rings (SSSR count). The van der Waals surface area contributed by atoms with E-state index in [1.54, 1.807) is 10.9 Å². The fourth-order valence-electron chi connectivity index (χ4n) is 2.19. The predicted octanol–water partition coefficient (Wildman–Crippen LogP) is 2.35. The number of benzene rings is 2. The summed E-state index contributed by atoms with van der Waals surface area (Å²) < 4.78 is 1.71. The van der Waals surface area contributed by atoms with Crippen LogP contribution in [0.1, 0.15) is 16.8 Å². The van der Waals surface area contributed by atoms with Gasteiger partial charge >= 0.3 is 0 Å². The maximum Gasteiger partial charge on any atom is 0.109 e. The van der Waals surface area contributed by atoms with E-state index in [2.05, 4.69) is 28.5 Å². The normalized spacial score (nSPS) is 10.7. The lowest BCUT2D eigenvalue weighted by Crippen LogP contribution is -2.01. The van der Waals surface area contributed by atoms with Gasteiger partial charge in [0.2, 0.25) is 0 Å². The first-order valence-electron chi connectivity index (χ1n) is 6.51. The SMILES string of the molecule is OCc1cn(-c2ccccc2Cc2ccccc2)nn1. The van der Waals surface area contributed by atoms with E-state index in [9.17, 15) is 0 Å². The van der Waals surface area contributed by atoms with Gasteiger partial charge < -0.3 is 5.11 Å². The standard InChI is InChI=1S/C16H15N3O/c20-12-15-11-19(18-17-15)16-9-5-4-8-14(16)10-13-6-2-1-3-7-13/h1-9,11,20H,10,12H2. The second kappa shape index (κ2) is 5.67. The first-order chi connectivity index (χ1) is 9.86. The van der Waals surface area contributed by atoms with Crippen molar-refractivity contribution >= 4 is 0 Å². The molecule has 100 valence electrons. The van der Waals surface area contributed by atoms with Crippen LogP contribution in [0.3, 0.4) is 0 Å². The first kappa shape index (κ1) is 12.6. The molecule has 0 radical (unpaired) electrons. The Hall–Kier alpha value is -2.46. The Labute approximate surface area is 117 Å². The third-order valence-electron chi connectivity index (χ3n) is 3.18. The van der Waals surface area contributed by atoms with E-state index < -0.39 is 0 Å². The average Bonchev–Trinajstić information content (AvgIpc) is 2.98. The molecule has 0 unspecified atom stereocenters. The van der Waals surface area contributed by atoms with Crippen molar-refractivity contribution in [3.8, 4) is 5.69 Å². The molecule has 1 heterocycles. The first-order valence-corrected chi connectivity index (χ1v) is 6.51. The van der Waals surface area contributed by atoms with Crippen molar-refractivity contribution in [3.63, 3.8) is 0 Å². The van der Waals surface area contributed by atoms with E-state index in [1.807, 2.05) is 36.4 Å². The predicted molar refractivity (Wildman–Crippen MR) is 76.5 cm³/mol. The van der Waals surface area contributed by atoms with E-state index >= 15 is 0 Å². The molecule has 0 amide bonds. The van der Waals surface area contributed by atoms with Gasteiger partial charge in [0.25, 0.3) is 0 Å². The third kappa shape index (κ3) is 2.60. The number of para-hydroxylation sites is 1. The van der Waals surface area contributed by atoms with Gasteiger partial charge in [0.15, 0.2) is 0 Å². The average molecular weight is 265 g/mol. The molecule has 0 bridgehead atoms. The van der Waals surface area contributed by atoms with Crippen LogP contribution >= 0.6 is 0 Å². The van der Waals surface area contributed by atoms with Crippen molar-refractivity contribution in [3.05, 3.63) is 77.6 Å². The molecule has 1 N–H and O–H groups in total. The zero-order chi connectivity index (χ0) is 13.8. The van der Waals surface area contributed by atoms with Crippen LogP contribution in [0.4, 0.5) is 0 Å². The van der Waals surface area contributed by atoms with E-state index in [1.165, 1.54) is 11.1 Å². The summed E-state index contributed by atoms with van der Waals surface area (Å²) in [5, 5.41) is 17.1. The molecule has 0 saturated heterocycles. The van der Waals surface area contributed by atoms with Crippen LogP contribution in [0.5, 0.6) is 0 Å². The summed E-state index contributed by atoms with van der Waals surface area (Å²) in [7, 11) is 0. The Morgan fingerprint density at radius 2 is 1.70 bits per heavy atom. The molecule has 20 heavy (non-hydrogen) atoms. The maximum absolute atomic E-state index is 9.09. The number of aliphatic hydroxyl groups excluding tert-OH is 1. The molecule has 0 fully saturated rings. The fraction of sp³-hybridized carbons (Fsp3) is 0.125. The van der Waals surface area contributed by atoms with Crippen LogP contribution in [0, 0.1) is 0 Å². The lowest BCUT2D eigenvalue weighted by atomic mass is 10.0. The smallest absolute Gasteiger partial charge is 0.109 e. The van der Waals surface area contributed by atoms with E-state index in [0.29, 0.717) is 5.69 Å². The Morgan fingerprint density at radius 1 is 0.950 bits per heavy atom. The fourth-order valence-corrected chi connectivity index (χ4v) is 2.19. The Bertz CT molecular complexity index is 692. The lowest BCUT2D eigenvalue weighted by Gasteiger charge is -2.08. The van der Waals surface area contributed by atoms with Gasteiger partial charge in [0, 0.05) is 0 Å². The third-order valence-corrected chi connectivity index (χ3v) is 3.18. The Kier molecular flexibility index (Phi) is 3.56. The second-order valence-electron chi connectivity index (χ2n) is 4.60. The number of nitrogens with zero attached hydrogens (tertiary/aromatic N) is 3. The zero-order valence-corrected chi connectivity index (χ0v) is 11.0. The monoisotopic (exact) mass is 265 g/mol. The van der Waals surface area contributed by atoms with Crippen molar-refractivity contribution in [1.29, 1.82) is 0 Å². The highest BCUT2D eigenvalue weighted by atomic mass is 16.3. The number of rotatable bonds is 4. The van der Waals surface area contributed by atoms with Crippen LogP contribution in [-0.4, -0.2) is 20.1 Å². The van der Waals surface area contributed by atoms with Crippen LogP contribution in [0.15, 0.2) is 60.8 Å². The van der Waals surface area contributed by atoms with Gasteiger partial charge in [-0.15, -0.1) is 5.10 Å². The van der Waals surface area contributed by atoms with Crippen molar-refractivity contribution < 1.29 is 5.11 Å². The minimum Gasteiger partial charge on any atom is -0.390 e. The van der Waals surface area contributed by atoms with Gasteiger partial charge in [-0.25, -0.2) is 4.68 Å². The number of aliphatic hydroxyl groups is 1. The summed E-state index contributed by atoms with van der Waals surface area (Å²) in [4.78, 5) is 0. The second-order valence-corrected chi connectivity index (χ2v) is 4.60. The van der Waals surface area contributed by atoms with E-state index in [0.717, 1.165) is 12.1 Å². The van der Waals surface area contributed by atoms with E-state index in [4.69, 9.17) is 5.11 Å². The molecule has 0 saturated carbocycles. The molecule has 3 aromatic rings. The molecule has 2 aromatic carbocycles. The Balaban J connectivity index is 1.96. The van der Waals surface area contributed by atoms with Gasteiger partial charge in [-0.1, -0.05) is 53.7 Å². The largest absolute Gasteiger partial charge is 0.390 e. The number of hydrogen-bond donors (Lipinski definition) is 1. The Morgan fingerprint density at radius 3 is 2.45 bits per heavy atom. The summed E-state index contributed by atoms with van der Waals surface area (Å²) in [5.74, 6) is 0. The highest BCUT2D eigenvalue weighted by molar-refractivity contribution is 5.43. The lowest BCUT2D eigenvalue weighted by molar-refractivity contribution is 0.276. The van der Waals surface area contributed by atoms with Crippen LogP contribution in [0.25, 0.3) is 5.69 Å². The zero-order valence-electron chi connectivity index (χ0n) is 11.0. The summed E-state index contributed by atoms with van der Waals surface area (Å²) in [6.45, 7) is -0.0964. The topological polar surface area (TPSA) is 50.9 Å². The van der Waals surface area contributed by atoms with Crippen molar-refractivity contribution in [1.82, 2.24) is 15.0 Å². The van der Waals surface area contributed by atoms with Gasteiger partial charge in [-0.05, 0) is 23.6 Å². The van der Waals surface area contributed by atoms with Crippen LogP contribution < -0.4 is 0 Å². The summed E-state index contributed by atoms with van der Waals surface area (Å²) in [5.41, 5.74) is 3.98. The van der Waals surface area contributed by atoms with Gasteiger partial charge in [0.05, 0.1) is 18.5 Å². The molecule has 0 atom stereocenters. The molecule has 1 aromatic heterocycles. The summed E-state index contributed by atoms with van der Waals surface area (Å²) in [6, 6.07) is 18.4. The van der Waals surface area contributed by atoms with Crippen molar-refractivity contribution in [2.75, 3.05) is 0 Å². The summed E-state index contributed by atoms with van der Waals surface area (Å²) in [6.07, 6.45) is 2.59. The molecule has 4 nitrogen and oxygen atoms in total. The molecule has 0 aliphatic rings. The molecular weight excluding hydrogens is 250 g/mol. The highest BCUT2D eigenvalue weighted by Crippen LogP contribution is 2.17. The van der Waals surface area contributed by atoms with Crippen molar-refractivity contribution in [2.45, 2.75) is 13.0 Å². The quantitative estimate of drug-likeness (QED) is 0.787.